The van der Waals surface area contributed by atoms with Crippen LogP contribution in [0, 0.1) is 11.7 Å². The quantitative estimate of drug-likeness (QED) is 0.0146. The first kappa shape index (κ1) is 85.7. The SMILES string of the molecule is CC(C)[C@@H]1NC(=O)[C@@H](NC(=O)[C@H](Cc2ccc(O)cc2)NC(=O)CN(C(=O)CCN)C2CCCC2)CSSC[C@@H](C(N)=O)NC(=O)[C@H](CCC(=O)O)NC(=O)[C@H](Cc2c[nH]c3ccc(F)cc23)NC(=O)[C@@H](CCC(N)=O)NC(=O)CCNC(=O)[C@H](CCCN=C(N)N)NC(=O)[C@H](Cc2ccccc2Cl)NC1=O. The van der Waals surface area contributed by atoms with Gasteiger partial charge in [0.05, 0.1) is 6.54 Å². The van der Waals surface area contributed by atoms with Crippen LogP contribution in [0.2, 0.25) is 5.02 Å². The van der Waals surface area contributed by atoms with Crippen molar-refractivity contribution in [2.24, 2.45) is 39.6 Å². The van der Waals surface area contributed by atoms with Gasteiger partial charge in [-0.2, -0.15) is 0 Å². The van der Waals surface area contributed by atoms with Crippen LogP contribution in [0.4, 0.5) is 4.39 Å². The second-order valence-corrected chi connectivity index (χ2v) is 29.1. The van der Waals surface area contributed by atoms with E-state index in [4.69, 9.17) is 40.3 Å². The van der Waals surface area contributed by atoms with Crippen molar-refractivity contribution in [2.45, 2.75) is 171 Å². The summed E-state index contributed by atoms with van der Waals surface area (Å²) in [5.41, 5.74) is 29.7. The molecule has 23 N–H and O–H groups in total. The Hall–Kier alpha value is -10.3. The van der Waals surface area contributed by atoms with Gasteiger partial charge in [0.2, 0.25) is 76.8 Å². The van der Waals surface area contributed by atoms with Gasteiger partial charge >= 0.3 is 5.97 Å². The number of H-pyrrole nitrogens is 1. The summed E-state index contributed by atoms with van der Waals surface area (Å²) in [5, 5.41) is 46.3. The highest BCUT2D eigenvalue weighted by Gasteiger charge is 2.38. The molecule has 107 heavy (non-hydrogen) atoms. The molecular formula is C69H94ClFN18O16S2. The van der Waals surface area contributed by atoms with Crippen molar-refractivity contribution in [1.29, 1.82) is 0 Å². The van der Waals surface area contributed by atoms with Crippen LogP contribution in [0.1, 0.15) is 108 Å². The van der Waals surface area contributed by atoms with Gasteiger partial charge in [-0.05, 0) is 97.5 Å². The summed E-state index contributed by atoms with van der Waals surface area (Å²) in [6.07, 6.45) is 0.162. The average molecular weight is 1550 g/mol. The molecule has 0 unspecified atom stereocenters. The first-order valence-corrected chi connectivity index (χ1v) is 37.6. The Bertz CT molecular complexity index is 3860. The van der Waals surface area contributed by atoms with Crippen molar-refractivity contribution in [3.05, 3.63) is 100 Å². The summed E-state index contributed by atoms with van der Waals surface area (Å²) >= 11 is 6.64. The lowest BCUT2D eigenvalue weighted by Crippen LogP contribution is -2.61. The number of nitrogens with two attached hydrogens (primary N) is 5. The third-order valence-corrected chi connectivity index (χ3v) is 20.3. The first-order valence-electron chi connectivity index (χ1n) is 34.7. The molecule has 1 aromatic heterocycles. The van der Waals surface area contributed by atoms with Crippen molar-refractivity contribution in [3.8, 4) is 5.75 Å². The number of aromatic hydroxyl groups is 1. The minimum absolute atomic E-state index is 0.00178. The zero-order chi connectivity index (χ0) is 78.4. The van der Waals surface area contributed by atoms with Crippen LogP contribution in [0.15, 0.2) is 77.9 Å². The van der Waals surface area contributed by atoms with Crippen LogP contribution >= 0.6 is 33.2 Å². The highest BCUT2D eigenvalue weighted by atomic mass is 35.5. The van der Waals surface area contributed by atoms with E-state index in [-0.39, 0.29) is 84.8 Å². The minimum Gasteiger partial charge on any atom is -0.508 e. The number of nitrogens with one attached hydrogen (secondary N) is 11. The number of amides is 13. The molecule has 6 rings (SSSR count). The summed E-state index contributed by atoms with van der Waals surface area (Å²) in [7, 11) is 1.66. The number of aliphatic imine (C=N–C) groups is 1. The van der Waals surface area contributed by atoms with Crippen molar-refractivity contribution in [1.82, 2.24) is 63.1 Å². The highest BCUT2D eigenvalue weighted by molar-refractivity contribution is 8.76. The fourth-order valence-corrected chi connectivity index (χ4v) is 14.3. The molecule has 2 aliphatic rings. The number of aromatic nitrogens is 1. The average Bonchev–Trinajstić information content (AvgIpc) is 1.80. The number of carbonyl (C=O) groups excluding carboxylic acids is 13. The number of carboxylic acid groups (broad SMARTS) is 1. The summed E-state index contributed by atoms with van der Waals surface area (Å²) in [5.74, 6) is -16.4. The van der Waals surface area contributed by atoms with Crippen LogP contribution in [0.25, 0.3) is 10.9 Å². The first-order chi connectivity index (χ1) is 50.9. The van der Waals surface area contributed by atoms with Gasteiger partial charge in [-0.15, -0.1) is 0 Å². The van der Waals surface area contributed by atoms with Crippen LogP contribution in [0.5, 0.6) is 5.75 Å². The van der Waals surface area contributed by atoms with E-state index in [1.807, 2.05) is 0 Å². The number of carboxylic acids is 1. The van der Waals surface area contributed by atoms with Crippen LogP contribution < -0.4 is 81.8 Å². The van der Waals surface area contributed by atoms with Gasteiger partial charge < -0.3 is 102 Å². The van der Waals surface area contributed by atoms with Gasteiger partial charge in [0.25, 0.3) is 0 Å². The summed E-state index contributed by atoms with van der Waals surface area (Å²) in [6, 6.07) is 0.845. The Kier molecular flexibility index (Phi) is 34.2. The number of primary amides is 2. The summed E-state index contributed by atoms with van der Waals surface area (Å²) in [4.78, 5) is 205. The molecule has 13 amide bonds. The van der Waals surface area contributed by atoms with Gasteiger partial charge in [-0.25, -0.2) is 4.39 Å². The van der Waals surface area contributed by atoms with Gasteiger partial charge in [0.1, 0.15) is 65.9 Å². The van der Waals surface area contributed by atoms with Gasteiger partial charge in [-0.1, -0.05) is 90.2 Å². The molecule has 0 radical (unpaired) electrons. The molecule has 2 heterocycles. The second kappa shape index (κ2) is 42.8. The monoisotopic (exact) mass is 1550 g/mol. The van der Waals surface area contributed by atoms with Gasteiger partial charge in [0, 0.05) is 104 Å². The number of fused-ring (bicyclic) bond motifs is 1. The van der Waals surface area contributed by atoms with Crippen molar-refractivity contribution >= 4 is 133 Å². The Morgan fingerprint density at radius 2 is 1.31 bits per heavy atom. The Labute approximate surface area is 628 Å². The normalized spacial score (nSPS) is 21.3. The zero-order valence-electron chi connectivity index (χ0n) is 59.1. The molecule has 0 spiro atoms. The predicted molar refractivity (Wildman–Crippen MR) is 396 cm³/mol. The molecule has 0 bridgehead atoms. The maximum absolute atomic E-state index is 15.1. The van der Waals surface area contributed by atoms with E-state index < -0.39 is 206 Å². The molecule has 9 atom stereocenters. The molecule has 4 aromatic rings. The largest absolute Gasteiger partial charge is 0.508 e. The molecular weight excluding hydrogens is 1460 g/mol. The van der Waals surface area contributed by atoms with Gasteiger partial charge in [0.15, 0.2) is 5.96 Å². The Morgan fingerprint density at radius 1 is 0.701 bits per heavy atom. The molecule has 1 saturated heterocycles. The Morgan fingerprint density at radius 3 is 1.94 bits per heavy atom. The van der Waals surface area contributed by atoms with Crippen LogP contribution in [0.3, 0.4) is 0 Å². The van der Waals surface area contributed by atoms with Crippen LogP contribution in [-0.4, -0.2) is 207 Å². The highest BCUT2D eigenvalue weighted by Crippen LogP contribution is 2.27. The lowest BCUT2D eigenvalue weighted by atomic mass is 10.00. The van der Waals surface area contributed by atoms with Crippen molar-refractivity contribution < 1.29 is 81.7 Å². The molecule has 38 heteroatoms. The van der Waals surface area contributed by atoms with E-state index in [9.17, 15) is 76.9 Å². The minimum atomic E-state index is -1.81. The van der Waals surface area contributed by atoms with E-state index in [2.05, 4.69) is 63.1 Å². The smallest absolute Gasteiger partial charge is 0.303 e. The maximum Gasteiger partial charge on any atom is 0.303 e. The number of benzene rings is 3. The molecule has 1 aliphatic carbocycles. The fourth-order valence-electron chi connectivity index (χ4n) is 11.8. The third kappa shape index (κ3) is 28.2. The lowest BCUT2D eigenvalue weighted by Gasteiger charge is -2.30. The number of rotatable bonds is 26. The van der Waals surface area contributed by atoms with Gasteiger partial charge in [-0.3, -0.25) is 72.1 Å². The molecule has 34 nitrogen and oxygen atoms in total. The summed E-state index contributed by atoms with van der Waals surface area (Å²) < 4.78 is 14.8. The topological polar surface area (TPSA) is 561 Å². The standard InChI is InChI=1S/C69H94ClFN18O16S2/c1-36(2)59-68(105)85-50(29-38-8-3-6-11-44(38)70)65(102)82-46(12-7-26-78-69(75)76)61(98)77-27-24-55(92)80-47(19-21-54(73)91)62(99)84-51(30-39-32-79-45-18-15-40(71)31-43(39)45)66(103)83-48(20-22-58(95)96)63(100)86-52(60(74)97)34-106-107-35-53(67(104)88-59)87-64(101)49(28-37-13-16-42(90)17-14-37)81-56(93)33-89(57(94)23-25-72)41-9-4-5-10-41/h3,6,8,11,13-18,31-32,36,41,46-53,59,79,90H,4-5,7,9-10,12,19-30,33-35,72H2,1-2H3,(H2,73,91)(H2,74,97)(H,77,98)(H,80,92)(H,81,93)(H,82,102)(H,83,103)(H,84,99)(H,85,105)(H,86,100)(H,87,101)(H,88,104)(H,95,96)(H4,75,76,78)/t46-,47+,48-,49-,50-,51-,52-,53-,59-/m0/s1. The number of aliphatic carboxylic acids is 1. The number of halogens is 2. The number of hydrogen-bond donors (Lipinski definition) is 18. The van der Waals surface area contributed by atoms with Crippen LogP contribution in [-0.2, 0) is 86.4 Å². The Balaban J connectivity index is 1.42. The lowest BCUT2D eigenvalue weighted by molar-refractivity contribution is -0.139. The zero-order valence-corrected chi connectivity index (χ0v) is 61.5. The molecule has 1 aliphatic heterocycles. The van der Waals surface area contributed by atoms with E-state index in [0.29, 0.717) is 29.5 Å². The number of nitrogens with zero attached hydrogens (tertiary/aromatic N) is 2. The van der Waals surface area contributed by atoms with E-state index in [1.54, 1.807) is 32.0 Å². The molecule has 2 fully saturated rings. The van der Waals surface area contributed by atoms with Crippen molar-refractivity contribution in [2.75, 3.05) is 37.7 Å². The van der Waals surface area contributed by atoms with E-state index in [0.717, 1.165) is 46.6 Å². The molecule has 1 saturated carbocycles. The number of guanidine groups is 1. The fraction of sp³-hybridized carbons (Fsp3) is 0.493. The maximum atomic E-state index is 15.1. The van der Waals surface area contributed by atoms with E-state index >= 15 is 4.79 Å². The number of phenolic OH excluding ortho intramolecular Hbond substituents is 1. The summed E-state index contributed by atoms with van der Waals surface area (Å²) in [6.45, 7) is 2.16. The van der Waals surface area contributed by atoms with Crippen molar-refractivity contribution in [3.63, 3.8) is 0 Å². The predicted octanol–water partition coefficient (Wildman–Crippen LogP) is -1.60. The number of phenols is 1. The molecule has 582 valence electrons. The number of carbonyl (C=O) groups is 14. The third-order valence-electron chi connectivity index (χ3n) is 17.5. The molecule has 3 aromatic carbocycles. The number of hydrogen-bond acceptors (Lipinski definition) is 19. The van der Waals surface area contributed by atoms with E-state index in [1.165, 1.54) is 47.5 Å². The second-order valence-electron chi connectivity index (χ2n) is 26.1. The number of aromatic amines is 1.